The Kier molecular flexibility index (Phi) is 6.22. The second-order valence-corrected chi connectivity index (χ2v) is 7.35. The van der Waals surface area contributed by atoms with E-state index in [0.717, 1.165) is 55.4 Å². The molecule has 0 aromatic heterocycles. The monoisotopic (exact) mass is 393 g/mol. The first-order valence-electron chi connectivity index (χ1n) is 10.1. The highest BCUT2D eigenvalue weighted by atomic mass is 16.5. The van der Waals surface area contributed by atoms with E-state index in [2.05, 4.69) is 17.0 Å². The second-order valence-electron chi connectivity index (χ2n) is 7.35. The van der Waals surface area contributed by atoms with Crippen molar-refractivity contribution in [2.24, 2.45) is 5.10 Å². The molecule has 2 aliphatic rings. The molecule has 0 unspecified atom stereocenters. The lowest BCUT2D eigenvalue weighted by Gasteiger charge is -2.27. The number of rotatable bonds is 6. The van der Waals surface area contributed by atoms with Gasteiger partial charge in [-0.15, -0.1) is 0 Å². The van der Waals surface area contributed by atoms with Crippen LogP contribution in [0.25, 0.3) is 0 Å². The summed E-state index contributed by atoms with van der Waals surface area (Å²) in [5, 5.41) is 6.44. The fourth-order valence-electron chi connectivity index (χ4n) is 3.85. The van der Waals surface area contributed by atoms with Gasteiger partial charge in [0.05, 0.1) is 32.1 Å². The lowest BCUT2D eigenvalue weighted by atomic mass is 9.98. The van der Waals surface area contributed by atoms with Crippen molar-refractivity contribution in [3.05, 3.63) is 65.7 Å². The molecule has 1 fully saturated rings. The molecule has 2 aliphatic heterocycles. The molecule has 0 bridgehead atoms. The fourth-order valence-corrected chi connectivity index (χ4v) is 3.85. The van der Waals surface area contributed by atoms with Gasteiger partial charge in [-0.3, -0.25) is 9.69 Å². The van der Waals surface area contributed by atoms with E-state index in [9.17, 15) is 4.79 Å². The Labute approximate surface area is 171 Å². The number of nitrogens with zero attached hydrogens (tertiary/aromatic N) is 3. The maximum absolute atomic E-state index is 13.1. The van der Waals surface area contributed by atoms with Crippen molar-refractivity contribution in [1.82, 2.24) is 9.91 Å². The number of amides is 1. The van der Waals surface area contributed by atoms with Gasteiger partial charge in [-0.1, -0.05) is 42.5 Å². The first-order chi connectivity index (χ1) is 14.2. The summed E-state index contributed by atoms with van der Waals surface area (Å²) >= 11 is 0. The van der Waals surface area contributed by atoms with E-state index in [1.165, 1.54) is 0 Å². The molecule has 0 N–H and O–H groups in total. The molecule has 0 saturated carbocycles. The fraction of sp³-hybridized carbons (Fsp3) is 0.391. The van der Waals surface area contributed by atoms with Crippen LogP contribution in [-0.2, 0) is 9.53 Å². The molecule has 29 heavy (non-hydrogen) atoms. The second kappa shape index (κ2) is 9.20. The van der Waals surface area contributed by atoms with Crippen molar-refractivity contribution in [2.45, 2.75) is 18.9 Å². The number of hydrazone groups is 1. The third kappa shape index (κ3) is 4.66. The Morgan fingerprint density at radius 3 is 2.69 bits per heavy atom. The molecule has 2 aromatic rings. The van der Waals surface area contributed by atoms with Crippen molar-refractivity contribution in [3.63, 3.8) is 0 Å². The lowest BCUT2D eigenvalue weighted by molar-refractivity contribution is -0.133. The topological polar surface area (TPSA) is 54.4 Å². The summed E-state index contributed by atoms with van der Waals surface area (Å²) in [5.41, 5.74) is 3.01. The number of benzene rings is 2. The Hall–Kier alpha value is -2.70. The van der Waals surface area contributed by atoms with E-state index < -0.39 is 0 Å². The Morgan fingerprint density at radius 1 is 1.14 bits per heavy atom. The number of hydrogen-bond donors (Lipinski definition) is 0. The average molecular weight is 393 g/mol. The molecule has 6 nitrogen and oxygen atoms in total. The molecule has 0 aliphatic carbocycles. The van der Waals surface area contributed by atoms with Crippen LogP contribution in [0, 0.1) is 0 Å². The van der Waals surface area contributed by atoms with Crippen molar-refractivity contribution in [3.8, 4) is 5.75 Å². The molecular weight excluding hydrogens is 366 g/mol. The number of methoxy groups -OCH3 is 1. The predicted octanol–water partition coefficient (Wildman–Crippen LogP) is 3.10. The summed E-state index contributed by atoms with van der Waals surface area (Å²) in [5.74, 6) is 0.849. The van der Waals surface area contributed by atoms with Gasteiger partial charge in [-0.2, -0.15) is 5.10 Å². The van der Waals surface area contributed by atoms with E-state index in [0.29, 0.717) is 12.8 Å². The van der Waals surface area contributed by atoms with Gasteiger partial charge in [0.1, 0.15) is 5.75 Å². The number of ether oxygens (including phenoxy) is 2. The van der Waals surface area contributed by atoms with Gasteiger partial charge in [0.15, 0.2) is 0 Å². The normalized spacial score (nSPS) is 19.8. The molecule has 1 amide bonds. The molecule has 0 radical (unpaired) electrons. The van der Waals surface area contributed by atoms with E-state index in [1.807, 2.05) is 42.5 Å². The van der Waals surface area contributed by atoms with Crippen LogP contribution in [0.4, 0.5) is 0 Å². The minimum Gasteiger partial charge on any atom is -0.497 e. The summed E-state index contributed by atoms with van der Waals surface area (Å²) < 4.78 is 10.7. The van der Waals surface area contributed by atoms with Gasteiger partial charge in [-0.25, -0.2) is 5.01 Å². The van der Waals surface area contributed by atoms with Crippen LogP contribution in [0.3, 0.4) is 0 Å². The SMILES string of the molecule is COc1cccc(C2=NN(C(=O)CCN3CCOCC3)[C@@H](c3ccccc3)C2)c1. The zero-order valence-electron chi connectivity index (χ0n) is 16.8. The van der Waals surface area contributed by atoms with Crippen LogP contribution in [0.1, 0.15) is 30.0 Å². The van der Waals surface area contributed by atoms with E-state index in [1.54, 1.807) is 12.1 Å². The van der Waals surface area contributed by atoms with Crippen LogP contribution >= 0.6 is 0 Å². The smallest absolute Gasteiger partial charge is 0.244 e. The van der Waals surface area contributed by atoms with Crippen LogP contribution in [0.2, 0.25) is 0 Å². The zero-order chi connectivity index (χ0) is 20.1. The first kappa shape index (κ1) is 19.6. The van der Waals surface area contributed by atoms with E-state index in [-0.39, 0.29) is 11.9 Å². The molecule has 4 rings (SSSR count). The largest absolute Gasteiger partial charge is 0.497 e. The lowest BCUT2D eigenvalue weighted by Crippen LogP contribution is -2.39. The zero-order valence-corrected chi connectivity index (χ0v) is 16.8. The summed E-state index contributed by atoms with van der Waals surface area (Å²) in [6.45, 7) is 3.98. The summed E-state index contributed by atoms with van der Waals surface area (Å²) in [7, 11) is 1.66. The van der Waals surface area contributed by atoms with Gasteiger partial charge in [-0.05, 0) is 17.7 Å². The summed E-state index contributed by atoms with van der Waals surface area (Å²) in [6.07, 6.45) is 1.15. The number of hydrogen-bond acceptors (Lipinski definition) is 5. The molecule has 1 atom stereocenters. The van der Waals surface area contributed by atoms with Crippen molar-refractivity contribution < 1.29 is 14.3 Å². The van der Waals surface area contributed by atoms with Crippen molar-refractivity contribution >= 4 is 11.6 Å². The predicted molar refractivity (Wildman–Crippen MR) is 112 cm³/mol. The van der Waals surface area contributed by atoms with E-state index >= 15 is 0 Å². The molecule has 0 spiro atoms. The quantitative estimate of drug-likeness (QED) is 0.757. The third-order valence-corrected chi connectivity index (χ3v) is 5.50. The highest BCUT2D eigenvalue weighted by Gasteiger charge is 2.33. The number of carbonyl (C=O) groups is 1. The number of carbonyl (C=O) groups excluding carboxylic acids is 1. The average Bonchev–Trinajstić information content (AvgIpc) is 3.24. The highest BCUT2D eigenvalue weighted by molar-refractivity contribution is 6.03. The van der Waals surface area contributed by atoms with Crippen LogP contribution in [0.15, 0.2) is 59.7 Å². The summed E-state index contributed by atoms with van der Waals surface area (Å²) in [4.78, 5) is 15.4. The maximum Gasteiger partial charge on any atom is 0.244 e. The molecule has 2 aromatic carbocycles. The Morgan fingerprint density at radius 2 is 1.93 bits per heavy atom. The van der Waals surface area contributed by atoms with Gasteiger partial charge in [0.2, 0.25) is 5.91 Å². The molecule has 1 saturated heterocycles. The van der Waals surface area contributed by atoms with Gasteiger partial charge in [0, 0.05) is 38.0 Å². The molecular formula is C23H27N3O3. The van der Waals surface area contributed by atoms with Gasteiger partial charge >= 0.3 is 0 Å². The minimum absolute atomic E-state index is 0.0586. The van der Waals surface area contributed by atoms with Gasteiger partial charge < -0.3 is 9.47 Å². The van der Waals surface area contributed by atoms with Gasteiger partial charge in [0.25, 0.3) is 0 Å². The standard InChI is InChI=1S/C23H27N3O3/c1-28-20-9-5-8-19(16-20)21-17-22(18-6-3-2-4-7-18)26(24-21)23(27)10-11-25-12-14-29-15-13-25/h2-9,16,22H,10-15,17H2,1H3/t22-/m1/s1. The molecule has 6 heteroatoms. The van der Waals surface area contributed by atoms with Crippen LogP contribution in [0.5, 0.6) is 5.75 Å². The molecule has 152 valence electrons. The summed E-state index contributed by atoms with van der Waals surface area (Å²) in [6, 6.07) is 17.9. The third-order valence-electron chi connectivity index (χ3n) is 5.50. The number of morpholine rings is 1. The Bertz CT molecular complexity index is 863. The Balaban J connectivity index is 1.54. The minimum atomic E-state index is -0.0745. The van der Waals surface area contributed by atoms with Crippen molar-refractivity contribution in [2.75, 3.05) is 40.0 Å². The van der Waals surface area contributed by atoms with Crippen LogP contribution < -0.4 is 4.74 Å². The van der Waals surface area contributed by atoms with Crippen LogP contribution in [-0.4, -0.2) is 61.5 Å². The maximum atomic E-state index is 13.1. The first-order valence-corrected chi connectivity index (χ1v) is 10.1. The van der Waals surface area contributed by atoms with Crippen molar-refractivity contribution in [1.29, 1.82) is 0 Å². The molecule has 2 heterocycles. The van der Waals surface area contributed by atoms with E-state index in [4.69, 9.17) is 14.6 Å². The highest BCUT2D eigenvalue weighted by Crippen LogP contribution is 2.33.